The summed E-state index contributed by atoms with van der Waals surface area (Å²) in [6, 6.07) is 16.2. The first-order valence-electron chi connectivity index (χ1n) is 5.72. The average molecular weight is 226 g/mol. The molecule has 0 amide bonds. The summed E-state index contributed by atoms with van der Waals surface area (Å²) < 4.78 is 0. The number of benzene rings is 3. The van der Waals surface area contributed by atoms with E-state index in [-0.39, 0.29) is 0 Å². The zero-order chi connectivity index (χ0) is 12.5. The van der Waals surface area contributed by atoms with E-state index in [4.69, 9.17) is 12.8 Å². The molecule has 0 saturated carbocycles. The van der Waals surface area contributed by atoms with Crippen LogP contribution in [0.3, 0.4) is 0 Å². The Balaban J connectivity index is 2.54. The summed E-state index contributed by atoms with van der Waals surface area (Å²) in [5.41, 5.74) is 1.81. The third-order valence-electron chi connectivity index (χ3n) is 3.19. The van der Waals surface area contributed by atoms with Crippen LogP contribution < -0.4 is 0 Å². The number of rotatable bonds is 0. The Bertz CT molecular complexity index is 770. The predicted molar refractivity (Wildman–Crippen MR) is 77.3 cm³/mol. The van der Waals surface area contributed by atoms with Crippen molar-refractivity contribution in [2.45, 2.75) is 0 Å². The van der Waals surface area contributed by atoms with Gasteiger partial charge in [-0.15, -0.1) is 12.8 Å². The highest BCUT2D eigenvalue weighted by atomic mass is 14.1. The van der Waals surface area contributed by atoms with Crippen LogP contribution in [-0.2, 0) is 0 Å². The van der Waals surface area contributed by atoms with Crippen molar-refractivity contribution in [2.24, 2.45) is 0 Å². The van der Waals surface area contributed by atoms with E-state index in [2.05, 4.69) is 36.1 Å². The molecule has 0 spiro atoms. The molecule has 0 N–H and O–H groups in total. The van der Waals surface area contributed by atoms with Gasteiger partial charge in [0.2, 0.25) is 0 Å². The molecule has 0 radical (unpaired) electrons. The van der Waals surface area contributed by atoms with Gasteiger partial charge in [-0.3, -0.25) is 0 Å². The molecular formula is C18H10. The van der Waals surface area contributed by atoms with Crippen molar-refractivity contribution in [2.75, 3.05) is 0 Å². The van der Waals surface area contributed by atoms with Crippen LogP contribution in [0, 0.1) is 24.7 Å². The maximum absolute atomic E-state index is 5.54. The van der Waals surface area contributed by atoms with Crippen molar-refractivity contribution in [1.82, 2.24) is 0 Å². The molecule has 18 heavy (non-hydrogen) atoms. The Morgan fingerprint density at radius 3 is 1.61 bits per heavy atom. The van der Waals surface area contributed by atoms with Crippen molar-refractivity contribution < 1.29 is 0 Å². The Morgan fingerprint density at radius 2 is 1.17 bits per heavy atom. The minimum Gasteiger partial charge on any atom is -0.115 e. The fourth-order valence-electron chi connectivity index (χ4n) is 2.30. The van der Waals surface area contributed by atoms with Crippen LogP contribution in [0.2, 0.25) is 0 Å². The van der Waals surface area contributed by atoms with Crippen molar-refractivity contribution in [1.29, 1.82) is 0 Å². The SMILES string of the molecule is C#Cc1cccc2cc3cccc(C#C)c3cc12. The van der Waals surface area contributed by atoms with Crippen molar-refractivity contribution in [3.8, 4) is 24.7 Å². The molecule has 0 aliphatic carbocycles. The second-order valence-corrected chi connectivity index (χ2v) is 4.19. The third-order valence-corrected chi connectivity index (χ3v) is 3.19. The van der Waals surface area contributed by atoms with Crippen LogP contribution in [0.25, 0.3) is 21.5 Å². The summed E-state index contributed by atoms with van der Waals surface area (Å²) in [7, 11) is 0. The van der Waals surface area contributed by atoms with Gasteiger partial charge in [0.15, 0.2) is 0 Å². The van der Waals surface area contributed by atoms with Crippen molar-refractivity contribution in [3.63, 3.8) is 0 Å². The predicted octanol–water partition coefficient (Wildman–Crippen LogP) is 3.96. The van der Waals surface area contributed by atoms with E-state index in [9.17, 15) is 0 Å². The van der Waals surface area contributed by atoms with Crippen LogP contribution in [0.15, 0.2) is 48.5 Å². The van der Waals surface area contributed by atoms with Gasteiger partial charge in [0.25, 0.3) is 0 Å². The van der Waals surface area contributed by atoms with E-state index in [1.54, 1.807) is 0 Å². The Morgan fingerprint density at radius 1 is 0.667 bits per heavy atom. The molecule has 0 aromatic heterocycles. The van der Waals surface area contributed by atoms with Gasteiger partial charge in [-0.1, -0.05) is 36.1 Å². The highest BCUT2D eigenvalue weighted by molar-refractivity contribution is 6.02. The molecule has 0 aliphatic rings. The fraction of sp³-hybridized carbons (Fsp3) is 0. The lowest BCUT2D eigenvalue weighted by Crippen LogP contribution is -1.83. The first kappa shape index (κ1) is 10.5. The molecule has 0 bridgehead atoms. The molecule has 0 atom stereocenters. The van der Waals surface area contributed by atoms with Crippen molar-refractivity contribution >= 4 is 21.5 Å². The van der Waals surface area contributed by atoms with Crippen LogP contribution in [-0.4, -0.2) is 0 Å². The summed E-state index contributed by atoms with van der Waals surface area (Å²) in [6.45, 7) is 0. The highest BCUT2D eigenvalue weighted by Crippen LogP contribution is 2.27. The van der Waals surface area contributed by atoms with Crippen molar-refractivity contribution in [3.05, 3.63) is 59.7 Å². The largest absolute Gasteiger partial charge is 0.115 e. The van der Waals surface area contributed by atoms with Gasteiger partial charge in [-0.2, -0.15) is 0 Å². The Hall–Kier alpha value is -2.70. The summed E-state index contributed by atoms with van der Waals surface area (Å²) in [5.74, 6) is 5.44. The van der Waals surface area contributed by atoms with Gasteiger partial charge in [0.1, 0.15) is 0 Å². The van der Waals surface area contributed by atoms with E-state index in [0.717, 1.165) is 32.7 Å². The summed E-state index contributed by atoms with van der Waals surface area (Å²) in [6.07, 6.45) is 11.1. The Kier molecular flexibility index (Phi) is 2.30. The molecule has 0 heteroatoms. The number of hydrogen-bond donors (Lipinski definition) is 0. The van der Waals surface area contributed by atoms with Gasteiger partial charge >= 0.3 is 0 Å². The molecule has 3 rings (SSSR count). The lowest BCUT2D eigenvalue weighted by molar-refractivity contribution is 1.70. The van der Waals surface area contributed by atoms with E-state index >= 15 is 0 Å². The third kappa shape index (κ3) is 1.45. The summed E-state index contributed by atoms with van der Waals surface area (Å²) in [5, 5.41) is 4.45. The first-order chi connectivity index (χ1) is 8.83. The monoisotopic (exact) mass is 226 g/mol. The fourth-order valence-corrected chi connectivity index (χ4v) is 2.30. The maximum Gasteiger partial charge on any atom is 0.0321 e. The lowest BCUT2D eigenvalue weighted by atomic mass is 9.97. The number of hydrogen-bond acceptors (Lipinski definition) is 0. The number of terminal acetylenes is 2. The topological polar surface area (TPSA) is 0 Å². The summed E-state index contributed by atoms with van der Waals surface area (Å²) in [4.78, 5) is 0. The highest BCUT2D eigenvalue weighted by Gasteiger charge is 2.03. The smallest absolute Gasteiger partial charge is 0.0321 e. The molecule has 0 fully saturated rings. The molecule has 0 unspecified atom stereocenters. The molecule has 0 heterocycles. The van der Waals surface area contributed by atoms with Crippen LogP contribution >= 0.6 is 0 Å². The molecule has 3 aromatic carbocycles. The molecule has 0 nitrogen and oxygen atoms in total. The standard InChI is InChI=1S/C18H10/c1-3-13-7-5-9-15-11-16-10-6-8-14(4-2)18(16)12-17(13)15/h1-2,5-12H. The molecule has 3 aromatic rings. The zero-order valence-corrected chi connectivity index (χ0v) is 9.77. The molecular weight excluding hydrogens is 216 g/mol. The first-order valence-corrected chi connectivity index (χ1v) is 5.72. The molecule has 82 valence electrons. The second-order valence-electron chi connectivity index (χ2n) is 4.19. The second kappa shape index (κ2) is 3.95. The molecule has 0 saturated heterocycles. The van der Waals surface area contributed by atoms with Crippen LogP contribution in [0.1, 0.15) is 11.1 Å². The lowest BCUT2D eigenvalue weighted by Gasteiger charge is -2.06. The Labute approximate surface area is 106 Å². The summed E-state index contributed by atoms with van der Waals surface area (Å²) >= 11 is 0. The van der Waals surface area contributed by atoms with E-state index in [1.165, 1.54) is 0 Å². The van der Waals surface area contributed by atoms with E-state index in [1.807, 2.05) is 24.3 Å². The average Bonchev–Trinajstić information content (AvgIpc) is 2.43. The number of fused-ring (bicyclic) bond motifs is 2. The quantitative estimate of drug-likeness (QED) is 0.402. The van der Waals surface area contributed by atoms with E-state index < -0.39 is 0 Å². The normalized spacial score (nSPS) is 10.1. The maximum atomic E-state index is 5.54. The minimum atomic E-state index is 0.904. The van der Waals surface area contributed by atoms with Gasteiger partial charge < -0.3 is 0 Å². The van der Waals surface area contributed by atoms with Gasteiger partial charge in [0, 0.05) is 11.1 Å². The van der Waals surface area contributed by atoms with Gasteiger partial charge in [-0.05, 0) is 45.8 Å². The molecule has 0 aliphatic heterocycles. The van der Waals surface area contributed by atoms with Crippen LogP contribution in [0.5, 0.6) is 0 Å². The van der Waals surface area contributed by atoms with Gasteiger partial charge in [-0.25, -0.2) is 0 Å². The van der Waals surface area contributed by atoms with Gasteiger partial charge in [0.05, 0.1) is 0 Å². The minimum absolute atomic E-state index is 0.904. The van der Waals surface area contributed by atoms with Crippen LogP contribution in [0.4, 0.5) is 0 Å². The zero-order valence-electron chi connectivity index (χ0n) is 9.77. The van der Waals surface area contributed by atoms with E-state index in [0.29, 0.717) is 0 Å².